The number of H-pyrrole nitrogens is 2. The summed E-state index contributed by atoms with van der Waals surface area (Å²) in [5.74, 6) is 0.878. The molecule has 1 aromatic heterocycles. The molecule has 0 atom stereocenters. The number of halogens is 1. The number of hydrogen-bond acceptors (Lipinski definition) is 6. The molecule has 0 aliphatic rings. The first-order chi connectivity index (χ1) is 12.8. The zero-order valence-electron chi connectivity index (χ0n) is 14.5. The molecule has 0 radical (unpaired) electrons. The first-order valence-corrected chi connectivity index (χ1v) is 8.26. The van der Waals surface area contributed by atoms with Crippen molar-refractivity contribution in [3.63, 3.8) is 0 Å². The largest absolute Gasteiger partial charge is 0.456 e. The van der Waals surface area contributed by atoms with Gasteiger partial charge in [0.1, 0.15) is 11.5 Å². The summed E-state index contributed by atoms with van der Waals surface area (Å²) in [5.41, 5.74) is 7.08. The minimum absolute atomic E-state index is 0.0420. The summed E-state index contributed by atoms with van der Waals surface area (Å²) in [7, 11) is 0. The van der Waals surface area contributed by atoms with Crippen molar-refractivity contribution in [3.8, 4) is 22.8 Å². The Balaban J connectivity index is 2.01. The molecule has 1 heterocycles. The van der Waals surface area contributed by atoms with Gasteiger partial charge in [-0.1, -0.05) is 11.6 Å². The lowest BCUT2D eigenvalue weighted by atomic mass is 10.1. The maximum atomic E-state index is 11.9. The van der Waals surface area contributed by atoms with Crippen molar-refractivity contribution < 1.29 is 4.74 Å². The van der Waals surface area contributed by atoms with E-state index in [4.69, 9.17) is 27.5 Å². The van der Waals surface area contributed by atoms with Gasteiger partial charge >= 0.3 is 5.69 Å². The molecule has 0 aliphatic carbocycles. The zero-order chi connectivity index (χ0) is 19.7. The van der Waals surface area contributed by atoms with E-state index >= 15 is 0 Å². The molecule has 0 saturated heterocycles. The van der Waals surface area contributed by atoms with Gasteiger partial charge in [-0.2, -0.15) is 5.10 Å². The summed E-state index contributed by atoms with van der Waals surface area (Å²) < 4.78 is 5.88. The Kier molecular flexibility index (Phi) is 4.83. The molecule has 0 saturated carbocycles. The topological polar surface area (TPSA) is 138 Å². The van der Waals surface area contributed by atoms with Gasteiger partial charge in [0.25, 0.3) is 5.56 Å². The van der Waals surface area contributed by atoms with Crippen molar-refractivity contribution >= 4 is 23.0 Å². The van der Waals surface area contributed by atoms with E-state index in [2.05, 4.69) is 15.2 Å². The van der Waals surface area contributed by atoms with Crippen molar-refractivity contribution in [3.05, 3.63) is 67.3 Å². The molecule has 0 amide bonds. The minimum atomic E-state index is -0.688. The van der Waals surface area contributed by atoms with Crippen LogP contribution in [0.1, 0.15) is 18.1 Å². The molecule has 3 aromatic rings. The summed E-state index contributed by atoms with van der Waals surface area (Å²) in [6, 6.07) is 8.20. The fraction of sp³-hybridized carbons (Fsp3) is 0.111. The van der Waals surface area contributed by atoms with Gasteiger partial charge in [0.15, 0.2) is 5.69 Å². The number of aromatic nitrogens is 3. The van der Waals surface area contributed by atoms with Crippen molar-refractivity contribution in [1.29, 1.82) is 5.41 Å². The summed E-state index contributed by atoms with van der Waals surface area (Å²) >= 11 is 6.35. The second kappa shape index (κ2) is 7.08. The summed E-state index contributed by atoms with van der Waals surface area (Å²) in [6.45, 7) is 3.40. The van der Waals surface area contributed by atoms with E-state index < -0.39 is 11.2 Å². The van der Waals surface area contributed by atoms with Crippen LogP contribution in [-0.4, -0.2) is 20.9 Å². The number of rotatable bonds is 4. The Morgan fingerprint density at radius 3 is 2.63 bits per heavy atom. The maximum absolute atomic E-state index is 11.9. The Morgan fingerprint density at radius 2 is 2.00 bits per heavy atom. The highest BCUT2D eigenvalue weighted by Crippen LogP contribution is 2.36. The van der Waals surface area contributed by atoms with Crippen LogP contribution >= 0.6 is 11.6 Å². The quantitative estimate of drug-likeness (QED) is 0.404. The third kappa shape index (κ3) is 3.75. The molecule has 0 spiro atoms. The number of nitrogen functional groups attached to an aromatic ring is 1. The third-order valence-electron chi connectivity index (χ3n) is 3.86. The number of nitrogens with zero attached hydrogens (tertiary/aromatic N) is 1. The van der Waals surface area contributed by atoms with Crippen LogP contribution < -0.4 is 21.7 Å². The first kappa shape index (κ1) is 18.4. The fourth-order valence-electron chi connectivity index (χ4n) is 2.58. The number of aromatic amines is 2. The van der Waals surface area contributed by atoms with Gasteiger partial charge in [0.2, 0.25) is 0 Å². The smallest absolute Gasteiger partial charge is 0.342 e. The van der Waals surface area contributed by atoms with Gasteiger partial charge in [-0.25, -0.2) is 9.89 Å². The summed E-state index contributed by atoms with van der Waals surface area (Å²) in [4.78, 5) is 25.2. The second-order valence-electron chi connectivity index (χ2n) is 5.94. The number of aryl methyl sites for hydroxylation is 1. The van der Waals surface area contributed by atoms with Crippen LogP contribution in [0.3, 0.4) is 0 Å². The van der Waals surface area contributed by atoms with Crippen molar-refractivity contribution in [2.75, 3.05) is 5.73 Å². The van der Waals surface area contributed by atoms with Gasteiger partial charge in [0, 0.05) is 22.5 Å². The monoisotopic (exact) mass is 385 g/mol. The van der Waals surface area contributed by atoms with Crippen molar-refractivity contribution in [1.82, 2.24) is 15.2 Å². The first-order valence-electron chi connectivity index (χ1n) is 7.88. The normalized spacial score (nSPS) is 10.6. The van der Waals surface area contributed by atoms with Crippen LogP contribution in [0.4, 0.5) is 5.69 Å². The lowest BCUT2D eigenvalue weighted by Gasteiger charge is -2.14. The number of anilines is 1. The third-order valence-corrected chi connectivity index (χ3v) is 4.14. The van der Waals surface area contributed by atoms with Crippen molar-refractivity contribution in [2.45, 2.75) is 13.8 Å². The average molecular weight is 386 g/mol. The Hall–Kier alpha value is -3.39. The maximum Gasteiger partial charge on any atom is 0.342 e. The molecular formula is C18H16ClN5O3. The van der Waals surface area contributed by atoms with Gasteiger partial charge in [0.05, 0.1) is 5.02 Å². The number of benzene rings is 2. The van der Waals surface area contributed by atoms with Crippen LogP contribution in [-0.2, 0) is 0 Å². The van der Waals surface area contributed by atoms with E-state index in [0.29, 0.717) is 39.6 Å². The molecule has 5 N–H and O–H groups in total. The molecule has 8 nitrogen and oxygen atoms in total. The van der Waals surface area contributed by atoms with Gasteiger partial charge < -0.3 is 15.9 Å². The van der Waals surface area contributed by atoms with E-state index in [1.54, 1.807) is 38.1 Å². The molecule has 27 heavy (non-hydrogen) atoms. The summed E-state index contributed by atoms with van der Waals surface area (Å²) in [5, 5.41) is 14.0. The highest BCUT2D eigenvalue weighted by atomic mass is 35.5. The fourth-order valence-corrected chi connectivity index (χ4v) is 2.89. The van der Waals surface area contributed by atoms with Gasteiger partial charge in [-0.15, -0.1) is 0 Å². The molecule has 0 aliphatic heterocycles. The standard InChI is InChI=1S/C18H16ClN5O3/c1-8-5-10(15-17(25)22-18(26)24-23-15)6-13(19)16(8)27-11-3-4-14(21)12(7-11)9(2)20/h3-7,20H,21H2,1-2H3,(H2,22,24,25,26). The lowest BCUT2D eigenvalue weighted by Crippen LogP contribution is -2.25. The second-order valence-corrected chi connectivity index (χ2v) is 6.34. The van der Waals surface area contributed by atoms with Crippen LogP contribution in [0.15, 0.2) is 39.9 Å². The van der Waals surface area contributed by atoms with Crippen molar-refractivity contribution in [2.24, 2.45) is 0 Å². The highest BCUT2D eigenvalue weighted by Gasteiger charge is 2.14. The van der Waals surface area contributed by atoms with Gasteiger partial charge in [-0.3, -0.25) is 9.78 Å². The van der Waals surface area contributed by atoms with Crippen LogP contribution in [0.2, 0.25) is 5.02 Å². The van der Waals surface area contributed by atoms with E-state index in [9.17, 15) is 9.59 Å². The van der Waals surface area contributed by atoms with E-state index in [-0.39, 0.29) is 10.7 Å². The number of ether oxygens (including phenoxy) is 1. The molecule has 138 valence electrons. The number of nitrogens with two attached hydrogens (primary N) is 1. The zero-order valence-corrected chi connectivity index (χ0v) is 15.3. The van der Waals surface area contributed by atoms with Crippen LogP contribution in [0.5, 0.6) is 11.5 Å². The average Bonchev–Trinajstić information content (AvgIpc) is 2.59. The Morgan fingerprint density at radius 1 is 1.26 bits per heavy atom. The SMILES string of the molecule is CC(=N)c1cc(Oc2c(C)cc(-c3n[nH]c(=O)[nH]c3=O)cc2Cl)ccc1N. The van der Waals surface area contributed by atoms with E-state index in [1.165, 1.54) is 6.07 Å². The van der Waals surface area contributed by atoms with Gasteiger partial charge in [-0.05, 0) is 49.7 Å². The summed E-state index contributed by atoms with van der Waals surface area (Å²) in [6.07, 6.45) is 0. The van der Waals surface area contributed by atoms with E-state index in [0.717, 1.165) is 0 Å². The number of nitrogens with one attached hydrogen (secondary N) is 3. The molecule has 3 rings (SSSR count). The van der Waals surface area contributed by atoms with Crippen LogP contribution in [0, 0.1) is 12.3 Å². The molecule has 2 aromatic carbocycles. The molecule has 0 fully saturated rings. The highest BCUT2D eigenvalue weighted by molar-refractivity contribution is 6.32. The predicted octanol–water partition coefficient (Wildman–Crippen LogP) is 2.85. The minimum Gasteiger partial charge on any atom is -0.456 e. The van der Waals surface area contributed by atoms with E-state index in [1.807, 2.05) is 0 Å². The Labute approximate surface area is 158 Å². The van der Waals surface area contributed by atoms with Crippen LogP contribution in [0.25, 0.3) is 11.3 Å². The molecule has 9 heteroatoms. The molecular weight excluding hydrogens is 370 g/mol. The lowest BCUT2D eigenvalue weighted by molar-refractivity contribution is 0.479. The molecule has 0 unspecified atom stereocenters. The molecule has 0 bridgehead atoms. The Bertz CT molecular complexity index is 1140. The predicted molar refractivity (Wildman–Crippen MR) is 104 cm³/mol. The number of hydrogen-bond donors (Lipinski definition) is 4.